The van der Waals surface area contributed by atoms with Crippen LogP contribution < -0.4 is 5.73 Å². The zero-order valence-corrected chi connectivity index (χ0v) is 12.0. The Morgan fingerprint density at radius 3 is 2.95 bits per heavy atom. The fourth-order valence-corrected chi connectivity index (χ4v) is 2.52. The van der Waals surface area contributed by atoms with Crippen LogP contribution in [0.3, 0.4) is 0 Å². The van der Waals surface area contributed by atoms with Crippen LogP contribution in [0.25, 0.3) is 22.6 Å². The first-order valence-electron chi connectivity index (χ1n) is 6.61. The molecule has 3 aromatic rings. The summed E-state index contributed by atoms with van der Waals surface area (Å²) in [7, 11) is 0. The molecule has 104 valence electrons. The lowest BCUT2D eigenvalue weighted by Gasteiger charge is -2.03. The number of nitrogens with two attached hydrogens (primary N) is 1. The summed E-state index contributed by atoms with van der Waals surface area (Å²) in [5.41, 5.74) is 8.37. The monoisotopic (exact) mass is 289 g/mol. The lowest BCUT2D eigenvalue weighted by Crippen LogP contribution is -2.07. The molecule has 0 fully saturated rings. The van der Waals surface area contributed by atoms with Crippen LogP contribution in [0, 0.1) is 0 Å². The highest BCUT2D eigenvalue weighted by molar-refractivity contribution is 6.31. The van der Waals surface area contributed by atoms with Crippen LogP contribution in [0.4, 0.5) is 0 Å². The molecular formula is C14H16ClN5. The zero-order chi connectivity index (χ0) is 14.1. The number of nitrogens with zero attached hydrogens (tertiary/aromatic N) is 4. The van der Waals surface area contributed by atoms with Gasteiger partial charge in [0.05, 0.1) is 17.4 Å². The van der Waals surface area contributed by atoms with Crippen molar-refractivity contribution in [3.05, 3.63) is 35.7 Å². The maximum Gasteiger partial charge on any atom is 0.161 e. The quantitative estimate of drug-likeness (QED) is 0.803. The predicted molar refractivity (Wildman–Crippen MR) is 80.7 cm³/mol. The third-order valence-electron chi connectivity index (χ3n) is 3.28. The van der Waals surface area contributed by atoms with Gasteiger partial charge in [-0.25, -0.2) is 9.97 Å². The molecule has 3 rings (SSSR count). The molecule has 0 bridgehead atoms. The van der Waals surface area contributed by atoms with Gasteiger partial charge in [0.1, 0.15) is 5.69 Å². The van der Waals surface area contributed by atoms with E-state index in [4.69, 9.17) is 17.3 Å². The Balaban J connectivity index is 2.14. The highest BCUT2D eigenvalue weighted by atomic mass is 35.5. The molecule has 20 heavy (non-hydrogen) atoms. The number of imidazole rings is 2. The van der Waals surface area contributed by atoms with Crippen molar-refractivity contribution in [2.45, 2.75) is 20.0 Å². The summed E-state index contributed by atoms with van der Waals surface area (Å²) in [6.07, 6.45) is 3.76. The number of fused-ring (bicyclic) bond motifs is 1. The first kappa shape index (κ1) is 13.1. The Morgan fingerprint density at radius 2 is 2.20 bits per heavy atom. The van der Waals surface area contributed by atoms with Gasteiger partial charge in [0.2, 0.25) is 0 Å². The van der Waals surface area contributed by atoms with Crippen molar-refractivity contribution in [2.75, 3.05) is 6.54 Å². The van der Waals surface area contributed by atoms with Gasteiger partial charge >= 0.3 is 0 Å². The van der Waals surface area contributed by atoms with Gasteiger partial charge in [-0.1, -0.05) is 11.6 Å². The smallest absolute Gasteiger partial charge is 0.161 e. The average molecular weight is 290 g/mol. The first-order chi connectivity index (χ1) is 9.72. The molecule has 0 aliphatic heterocycles. The van der Waals surface area contributed by atoms with Crippen LogP contribution in [-0.2, 0) is 13.1 Å². The standard InChI is InChI=1S/C14H16ClN5/c1-2-20-13-7-10(15)3-4-11(13)18-14(20)12-8-19(6-5-16)9-17-12/h3-4,7-9H,2,5-6,16H2,1H3. The molecule has 0 aliphatic carbocycles. The lowest BCUT2D eigenvalue weighted by molar-refractivity contribution is 0.707. The van der Waals surface area contributed by atoms with Crippen LogP contribution in [0.1, 0.15) is 6.92 Å². The molecule has 2 heterocycles. The fraction of sp³-hybridized carbons (Fsp3) is 0.286. The molecule has 0 aliphatic rings. The molecule has 0 saturated carbocycles. The van der Waals surface area contributed by atoms with Crippen molar-refractivity contribution >= 4 is 22.6 Å². The number of aromatic nitrogens is 4. The minimum Gasteiger partial charge on any atom is -0.335 e. The average Bonchev–Trinajstić information content (AvgIpc) is 3.02. The second-order valence-corrected chi connectivity index (χ2v) is 5.03. The Kier molecular flexibility index (Phi) is 3.46. The Morgan fingerprint density at radius 1 is 1.35 bits per heavy atom. The molecule has 0 unspecified atom stereocenters. The summed E-state index contributed by atoms with van der Waals surface area (Å²) in [5.74, 6) is 0.862. The third kappa shape index (κ3) is 2.19. The highest BCUT2D eigenvalue weighted by Crippen LogP contribution is 2.25. The van der Waals surface area contributed by atoms with Gasteiger partial charge in [-0.2, -0.15) is 0 Å². The van der Waals surface area contributed by atoms with Crippen molar-refractivity contribution in [1.29, 1.82) is 0 Å². The third-order valence-corrected chi connectivity index (χ3v) is 3.51. The van der Waals surface area contributed by atoms with Crippen LogP contribution >= 0.6 is 11.6 Å². The minimum absolute atomic E-state index is 0.593. The fourth-order valence-electron chi connectivity index (χ4n) is 2.36. The van der Waals surface area contributed by atoms with Gasteiger partial charge in [-0.3, -0.25) is 0 Å². The number of halogens is 1. The van der Waals surface area contributed by atoms with Gasteiger partial charge < -0.3 is 14.9 Å². The number of benzene rings is 1. The zero-order valence-electron chi connectivity index (χ0n) is 11.3. The molecule has 0 atom stereocenters. The van der Waals surface area contributed by atoms with Gasteiger partial charge in [-0.15, -0.1) is 0 Å². The highest BCUT2D eigenvalue weighted by Gasteiger charge is 2.13. The summed E-state index contributed by atoms with van der Waals surface area (Å²) in [6.45, 7) is 4.25. The van der Waals surface area contributed by atoms with E-state index in [1.165, 1.54) is 0 Å². The van der Waals surface area contributed by atoms with E-state index < -0.39 is 0 Å². The molecule has 2 aromatic heterocycles. The summed E-state index contributed by atoms with van der Waals surface area (Å²) in [6, 6.07) is 5.73. The second-order valence-electron chi connectivity index (χ2n) is 4.60. The molecule has 0 radical (unpaired) electrons. The largest absolute Gasteiger partial charge is 0.335 e. The molecule has 0 amide bonds. The van der Waals surface area contributed by atoms with Gasteiger partial charge in [0.15, 0.2) is 5.82 Å². The molecule has 6 heteroatoms. The molecule has 5 nitrogen and oxygen atoms in total. The Bertz CT molecular complexity index is 743. The summed E-state index contributed by atoms with van der Waals surface area (Å²) in [4.78, 5) is 9.09. The summed E-state index contributed by atoms with van der Waals surface area (Å²) < 4.78 is 4.10. The van der Waals surface area contributed by atoms with Crippen molar-refractivity contribution in [2.24, 2.45) is 5.73 Å². The second kappa shape index (κ2) is 5.26. The van der Waals surface area contributed by atoms with Crippen LogP contribution in [0.2, 0.25) is 5.02 Å². The van der Waals surface area contributed by atoms with Crippen LogP contribution in [-0.4, -0.2) is 25.6 Å². The topological polar surface area (TPSA) is 61.7 Å². The Hall–Kier alpha value is -1.85. The van der Waals surface area contributed by atoms with Gasteiger partial charge in [-0.05, 0) is 25.1 Å². The Labute approximate surface area is 122 Å². The SMILES string of the molecule is CCn1c(-c2cn(CCN)cn2)nc2ccc(Cl)cc21. The van der Waals surface area contributed by atoms with E-state index in [0.29, 0.717) is 11.6 Å². The molecule has 1 aromatic carbocycles. The van der Waals surface area contributed by atoms with Gasteiger partial charge in [0, 0.05) is 30.9 Å². The van der Waals surface area contributed by atoms with Crippen molar-refractivity contribution in [1.82, 2.24) is 19.1 Å². The summed E-state index contributed by atoms with van der Waals surface area (Å²) >= 11 is 6.07. The maximum atomic E-state index is 6.07. The maximum absolute atomic E-state index is 6.07. The van der Waals surface area contributed by atoms with Crippen LogP contribution in [0.15, 0.2) is 30.7 Å². The van der Waals surface area contributed by atoms with E-state index in [2.05, 4.69) is 21.5 Å². The van der Waals surface area contributed by atoms with E-state index in [9.17, 15) is 0 Å². The van der Waals surface area contributed by atoms with E-state index >= 15 is 0 Å². The van der Waals surface area contributed by atoms with Crippen LogP contribution in [0.5, 0.6) is 0 Å². The predicted octanol–water partition coefficient (Wildman–Crippen LogP) is 2.53. The number of hydrogen-bond donors (Lipinski definition) is 1. The molecule has 0 spiro atoms. The number of rotatable bonds is 4. The van der Waals surface area contributed by atoms with E-state index in [1.807, 2.05) is 29.0 Å². The number of hydrogen-bond acceptors (Lipinski definition) is 3. The molecular weight excluding hydrogens is 274 g/mol. The first-order valence-corrected chi connectivity index (χ1v) is 6.98. The van der Waals surface area contributed by atoms with Crippen molar-refractivity contribution in [3.8, 4) is 11.5 Å². The minimum atomic E-state index is 0.593. The molecule has 0 saturated heterocycles. The summed E-state index contributed by atoms with van der Waals surface area (Å²) in [5, 5.41) is 0.715. The van der Waals surface area contributed by atoms with E-state index in [-0.39, 0.29) is 0 Å². The normalized spacial score (nSPS) is 11.3. The molecule has 2 N–H and O–H groups in total. The van der Waals surface area contributed by atoms with E-state index in [1.54, 1.807) is 6.33 Å². The lowest BCUT2D eigenvalue weighted by atomic mass is 10.3. The number of aryl methyl sites for hydroxylation is 1. The van der Waals surface area contributed by atoms with E-state index in [0.717, 1.165) is 35.6 Å². The van der Waals surface area contributed by atoms with Crippen molar-refractivity contribution < 1.29 is 0 Å². The van der Waals surface area contributed by atoms with Crippen molar-refractivity contribution in [3.63, 3.8) is 0 Å². The van der Waals surface area contributed by atoms with Gasteiger partial charge in [0.25, 0.3) is 0 Å².